The normalized spacial score (nSPS) is 10.9. The fraction of sp³-hybridized carbons (Fsp3) is 0.267. The predicted molar refractivity (Wildman–Crippen MR) is 79.5 cm³/mol. The number of nitrogens with zero attached hydrogens (tertiary/aromatic N) is 4. The van der Waals surface area contributed by atoms with Crippen molar-refractivity contribution in [2.24, 2.45) is 7.05 Å². The van der Waals surface area contributed by atoms with Crippen LogP contribution in [0.15, 0.2) is 36.9 Å². The Kier molecular flexibility index (Phi) is 3.33. The van der Waals surface area contributed by atoms with E-state index in [0.29, 0.717) is 6.54 Å². The molecule has 0 amide bonds. The van der Waals surface area contributed by atoms with E-state index < -0.39 is 0 Å². The molecule has 0 aliphatic rings. The third-order valence-corrected chi connectivity index (χ3v) is 3.43. The lowest BCUT2D eigenvalue weighted by atomic mass is 10.1. The molecule has 0 unspecified atom stereocenters. The molecule has 0 aliphatic heterocycles. The third kappa shape index (κ3) is 2.22. The van der Waals surface area contributed by atoms with E-state index in [9.17, 15) is 0 Å². The molecule has 3 aromatic rings. The molecule has 0 saturated carbocycles. The Balaban J connectivity index is 1.87. The second-order valence-electron chi connectivity index (χ2n) is 4.70. The number of nitrogens with one attached hydrogen (secondary N) is 1. The second-order valence-corrected chi connectivity index (χ2v) is 4.70. The molecule has 0 aliphatic carbocycles. The Labute approximate surface area is 117 Å². The van der Waals surface area contributed by atoms with Crippen LogP contribution in [0.3, 0.4) is 0 Å². The van der Waals surface area contributed by atoms with Gasteiger partial charge in [0.1, 0.15) is 5.52 Å². The zero-order valence-corrected chi connectivity index (χ0v) is 11.7. The number of imidazole rings is 1. The molecule has 1 N–H and O–H groups in total. The molecular weight excluding hydrogens is 250 g/mol. The molecule has 0 bridgehead atoms. The highest BCUT2D eigenvalue weighted by atomic mass is 15.1. The zero-order valence-electron chi connectivity index (χ0n) is 11.7. The van der Waals surface area contributed by atoms with Crippen LogP contribution in [-0.2, 0) is 20.0 Å². The Bertz CT molecular complexity index is 732. The largest absolute Gasteiger partial charge is 0.363 e. The van der Waals surface area contributed by atoms with E-state index in [4.69, 9.17) is 0 Å². The maximum absolute atomic E-state index is 4.43. The lowest BCUT2D eigenvalue weighted by molar-refractivity contribution is 0.947. The molecule has 5 heteroatoms. The zero-order chi connectivity index (χ0) is 13.9. The van der Waals surface area contributed by atoms with Crippen molar-refractivity contribution in [2.45, 2.75) is 19.9 Å². The first-order chi connectivity index (χ1) is 9.79. The SMILES string of the molecule is CCc1cccnc1CNc1nccc2c1ncn2C. The fourth-order valence-corrected chi connectivity index (χ4v) is 2.31. The van der Waals surface area contributed by atoms with Gasteiger partial charge in [-0.05, 0) is 24.1 Å². The number of hydrogen-bond donors (Lipinski definition) is 1. The van der Waals surface area contributed by atoms with Crippen LogP contribution in [0.2, 0.25) is 0 Å². The molecule has 0 fully saturated rings. The van der Waals surface area contributed by atoms with E-state index >= 15 is 0 Å². The van der Waals surface area contributed by atoms with Crippen LogP contribution in [0, 0.1) is 0 Å². The lowest BCUT2D eigenvalue weighted by Crippen LogP contribution is -2.06. The summed E-state index contributed by atoms with van der Waals surface area (Å²) in [4.78, 5) is 13.2. The average Bonchev–Trinajstić information content (AvgIpc) is 2.88. The van der Waals surface area contributed by atoms with Crippen molar-refractivity contribution in [2.75, 3.05) is 5.32 Å². The first-order valence-electron chi connectivity index (χ1n) is 6.72. The van der Waals surface area contributed by atoms with E-state index in [0.717, 1.165) is 29.0 Å². The minimum absolute atomic E-state index is 0.659. The summed E-state index contributed by atoms with van der Waals surface area (Å²) in [6.45, 7) is 2.80. The Hall–Kier alpha value is -2.43. The summed E-state index contributed by atoms with van der Waals surface area (Å²) in [5.41, 5.74) is 4.28. The first kappa shape index (κ1) is 12.6. The summed E-state index contributed by atoms with van der Waals surface area (Å²) >= 11 is 0. The van der Waals surface area contributed by atoms with Crippen molar-refractivity contribution in [3.05, 3.63) is 48.2 Å². The Morgan fingerprint density at radius 3 is 2.90 bits per heavy atom. The van der Waals surface area contributed by atoms with Crippen LogP contribution in [0.4, 0.5) is 5.82 Å². The minimum atomic E-state index is 0.659. The highest BCUT2D eigenvalue weighted by Crippen LogP contribution is 2.19. The molecule has 0 radical (unpaired) electrons. The van der Waals surface area contributed by atoms with Gasteiger partial charge in [0.15, 0.2) is 5.82 Å². The number of fused-ring (bicyclic) bond motifs is 1. The van der Waals surface area contributed by atoms with Crippen LogP contribution in [0.1, 0.15) is 18.2 Å². The minimum Gasteiger partial charge on any atom is -0.363 e. The molecule has 3 rings (SSSR count). The summed E-state index contributed by atoms with van der Waals surface area (Å²) in [6, 6.07) is 6.05. The van der Waals surface area contributed by atoms with Crippen molar-refractivity contribution < 1.29 is 0 Å². The number of pyridine rings is 2. The van der Waals surface area contributed by atoms with Crippen LogP contribution < -0.4 is 5.32 Å². The lowest BCUT2D eigenvalue weighted by Gasteiger charge is -2.09. The van der Waals surface area contributed by atoms with Gasteiger partial charge in [0.2, 0.25) is 0 Å². The number of hydrogen-bond acceptors (Lipinski definition) is 4. The van der Waals surface area contributed by atoms with Crippen LogP contribution in [0.25, 0.3) is 11.0 Å². The van der Waals surface area contributed by atoms with E-state index in [2.05, 4.69) is 33.3 Å². The van der Waals surface area contributed by atoms with Crippen molar-refractivity contribution >= 4 is 16.9 Å². The summed E-state index contributed by atoms with van der Waals surface area (Å²) in [5.74, 6) is 0.802. The number of rotatable bonds is 4. The van der Waals surface area contributed by atoms with Gasteiger partial charge in [-0.25, -0.2) is 9.97 Å². The Morgan fingerprint density at radius 2 is 2.05 bits per heavy atom. The Morgan fingerprint density at radius 1 is 1.15 bits per heavy atom. The second kappa shape index (κ2) is 5.28. The van der Waals surface area contributed by atoms with Crippen LogP contribution in [0.5, 0.6) is 0 Å². The molecule has 0 spiro atoms. The highest BCUT2D eigenvalue weighted by Gasteiger charge is 2.07. The van der Waals surface area contributed by atoms with Gasteiger partial charge in [-0.3, -0.25) is 4.98 Å². The quantitative estimate of drug-likeness (QED) is 0.789. The topological polar surface area (TPSA) is 55.6 Å². The molecule has 5 nitrogen and oxygen atoms in total. The number of aryl methyl sites for hydroxylation is 2. The smallest absolute Gasteiger partial charge is 0.154 e. The predicted octanol–water partition coefficient (Wildman–Crippen LogP) is 2.54. The molecule has 3 aromatic heterocycles. The van der Waals surface area contributed by atoms with Crippen molar-refractivity contribution in [3.63, 3.8) is 0 Å². The first-order valence-corrected chi connectivity index (χ1v) is 6.72. The van der Waals surface area contributed by atoms with Gasteiger partial charge in [0.05, 0.1) is 24.1 Å². The van der Waals surface area contributed by atoms with Gasteiger partial charge in [0, 0.05) is 19.4 Å². The van der Waals surface area contributed by atoms with Gasteiger partial charge in [-0.1, -0.05) is 13.0 Å². The monoisotopic (exact) mass is 267 g/mol. The summed E-state index contributed by atoms with van der Waals surface area (Å²) in [6.07, 6.45) is 6.40. The molecule has 0 saturated heterocycles. The van der Waals surface area contributed by atoms with Crippen LogP contribution in [-0.4, -0.2) is 19.5 Å². The van der Waals surface area contributed by atoms with Crippen molar-refractivity contribution in [1.29, 1.82) is 0 Å². The van der Waals surface area contributed by atoms with Gasteiger partial charge in [-0.2, -0.15) is 0 Å². The summed E-state index contributed by atoms with van der Waals surface area (Å²) in [5, 5.41) is 3.34. The standard InChI is InChI=1S/C15H17N5/c1-3-11-5-4-7-16-12(11)9-18-15-14-13(6-8-17-15)20(2)10-19-14/h4-8,10H,3,9H2,1-2H3,(H,17,18). The molecule has 3 heterocycles. The molecule has 102 valence electrons. The van der Waals surface area contributed by atoms with Gasteiger partial charge in [0.25, 0.3) is 0 Å². The molecular formula is C15H17N5. The maximum Gasteiger partial charge on any atom is 0.154 e. The summed E-state index contributed by atoms with van der Waals surface area (Å²) in [7, 11) is 1.98. The number of anilines is 1. The fourth-order valence-electron chi connectivity index (χ4n) is 2.31. The average molecular weight is 267 g/mol. The highest BCUT2D eigenvalue weighted by molar-refractivity contribution is 5.85. The van der Waals surface area contributed by atoms with E-state index in [1.165, 1.54) is 5.56 Å². The maximum atomic E-state index is 4.43. The van der Waals surface area contributed by atoms with Gasteiger partial charge < -0.3 is 9.88 Å². The van der Waals surface area contributed by atoms with Crippen molar-refractivity contribution in [1.82, 2.24) is 19.5 Å². The van der Waals surface area contributed by atoms with Gasteiger partial charge >= 0.3 is 0 Å². The van der Waals surface area contributed by atoms with E-state index in [-0.39, 0.29) is 0 Å². The van der Waals surface area contributed by atoms with Gasteiger partial charge in [-0.15, -0.1) is 0 Å². The molecule has 0 atom stereocenters. The summed E-state index contributed by atoms with van der Waals surface area (Å²) < 4.78 is 1.99. The molecule has 20 heavy (non-hydrogen) atoms. The third-order valence-electron chi connectivity index (χ3n) is 3.43. The van der Waals surface area contributed by atoms with Crippen molar-refractivity contribution in [3.8, 4) is 0 Å². The molecule has 0 aromatic carbocycles. The van der Waals surface area contributed by atoms with E-state index in [1.807, 2.05) is 29.9 Å². The number of aromatic nitrogens is 4. The van der Waals surface area contributed by atoms with E-state index in [1.54, 1.807) is 12.5 Å². The van der Waals surface area contributed by atoms with Crippen LogP contribution >= 0.6 is 0 Å².